The van der Waals surface area contributed by atoms with Crippen molar-refractivity contribution in [1.29, 1.82) is 0 Å². The molecule has 0 atom stereocenters. The molecule has 0 saturated carbocycles. The van der Waals surface area contributed by atoms with Crippen LogP contribution in [0.3, 0.4) is 0 Å². The molecule has 150 valence electrons. The largest absolute Gasteiger partial charge is 0.481 e. The SMILES string of the molecule is O=C(O)CCCCCCCC(CCC(=O)O)(c1ccccc1)c1ccccc1. The van der Waals surface area contributed by atoms with Gasteiger partial charge in [0.05, 0.1) is 0 Å². The normalized spacial score (nSPS) is 11.3. The molecular formula is C24H30O4. The number of benzene rings is 2. The average Bonchev–Trinajstić information content (AvgIpc) is 2.70. The van der Waals surface area contributed by atoms with Crippen LogP contribution in [-0.2, 0) is 15.0 Å². The summed E-state index contributed by atoms with van der Waals surface area (Å²) in [6.45, 7) is 0. The van der Waals surface area contributed by atoms with Crippen molar-refractivity contribution in [2.75, 3.05) is 0 Å². The molecule has 0 aliphatic heterocycles. The van der Waals surface area contributed by atoms with Crippen LogP contribution in [0.1, 0.15) is 68.9 Å². The number of carboxylic acids is 2. The molecule has 0 saturated heterocycles. The van der Waals surface area contributed by atoms with Crippen LogP contribution >= 0.6 is 0 Å². The molecule has 0 unspecified atom stereocenters. The van der Waals surface area contributed by atoms with Crippen LogP contribution in [0.15, 0.2) is 60.7 Å². The molecule has 4 nitrogen and oxygen atoms in total. The summed E-state index contributed by atoms with van der Waals surface area (Å²) in [4.78, 5) is 22.0. The monoisotopic (exact) mass is 382 g/mol. The van der Waals surface area contributed by atoms with E-state index in [0.29, 0.717) is 6.42 Å². The van der Waals surface area contributed by atoms with E-state index in [4.69, 9.17) is 5.11 Å². The van der Waals surface area contributed by atoms with E-state index in [0.717, 1.165) is 49.7 Å². The third-order valence-electron chi connectivity index (χ3n) is 5.41. The number of carbonyl (C=O) groups is 2. The Morgan fingerprint density at radius 2 is 1.07 bits per heavy atom. The molecule has 2 N–H and O–H groups in total. The lowest BCUT2D eigenvalue weighted by molar-refractivity contribution is -0.138. The maximum Gasteiger partial charge on any atom is 0.303 e. The molecule has 0 aromatic heterocycles. The third-order valence-corrected chi connectivity index (χ3v) is 5.41. The van der Waals surface area contributed by atoms with Crippen LogP contribution < -0.4 is 0 Å². The molecule has 2 aromatic rings. The molecule has 0 aliphatic rings. The molecule has 0 bridgehead atoms. The Hall–Kier alpha value is -2.62. The first kappa shape index (κ1) is 21.7. The Kier molecular flexibility index (Phi) is 8.73. The molecule has 28 heavy (non-hydrogen) atoms. The molecule has 4 heteroatoms. The number of aliphatic carboxylic acids is 2. The Bertz CT molecular complexity index is 685. The molecular weight excluding hydrogens is 352 g/mol. The standard InChI is InChI=1S/C24H30O4/c25-22(26)16-10-2-1-3-11-18-24(19-17-23(27)28,20-12-6-4-7-13-20)21-14-8-5-9-15-21/h4-9,12-15H,1-3,10-11,16-19H2,(H,25,26)(H,27,28). The fourth-order valence-corrected chi connectivity index (χ4v) is 3.94. The van der Waals surface area contributed by atoms with Crippen molar-refractivity contribution in [1.82, 2.24) is 0 Å². The maximum absolute atomic E-state index is 11.4. The molecule has 2 rings (SSSR count). The van der Waals surface area contributed by atoms with E-state index >= 15 is 0 Å². The molecule has 0 fully saturated rings. The minimum atomic E-state index is -0.773. The zero-order valence-corrected chi connectivity index (χ0v) is 16.3. The predicted octanol–water partition coefficient (Wildman–Crippen LogP) is 5.65. The Balaban J connectivity index is 2.15. The first-order chi connectivity index (χ1) is 13.5. The van der Waals surface area contributed by atoms with E-state index in [-0.39, 0.29) is 18.3 Å². The maximum atomic E-state index is 11.4. The van der Waals surface area contributed by atoms with Gasteiger partial charge in [0.1, 0.15) is 0 Å². The van der Waals surface area contributed by atoms with Crippen LogP contribution in [0.25, 0.3) is 0 Å². The number of carboxylic acid groups (broad SMARTS) is 2. The van der Waals surface area contributed by atoms with E-state index in [9.17, 15) is 14.7 Å². The van der Waals surface area contributed by atoms with E-state index in [1.807, 2.05) is 36.4 Å². The highest BCUT2D eigenvalue weighted by Gasteiger charge is 2.34. The van der Waals surface area contributed by atoms with Crippen LogP contribution in [0.4, 0.5) is 0 Å². The van der Waals surface area contributed by atoms with Crippen molar-refractivity contribution in [3.05, 3.63) is 71.8 Å². The second kappa shape index (κ2) is 11.3. The lowest BCUT2D eigenvalue weighted by Crippen LogP contribution is -2.29. The number of hydrogen-bond acceptors (Lipinski definition) is 2. The fourth-order valence-electron chi connectivity index (χ4n) is 3.94. The van der Waals surface area contributed by atoms with Crippen molar-refractivity contribution >= 4 is 11.9 Å². The van der Waals surface area contributed by atoms with Gasteiger partial charge >= 0.3 is 11.9 Å². The molecule has 0 spiro atoms. The smallest absolute Gasteiger partial charge is 0.303 e. The highest BCUT2D eigenvalue weighted by Crippen LogP contribution is 2.41. The summed E-state index contributed by atoms with van der Waals surface area (Å²) in [6.07, 6.45) is 6.46. The van der Waals surface area contributed by atoms with Gasteiger partial charge in [-0.15, -0.1) is 0 Å². The molecule has 0 radical (unpaired) electrons. The van der Waals surface area contributed by atoms with Crippen molar-refractivity contribution in [2.45, 2.75) is 63.2 Å². The predicted molar refractivity (Wildman–Crippen MR) is 110 cm³/mol. The number of unbranched alkanes of at least 4 members (excludes halogenated alkanes) is 4. The van der Waals surface area contributed by atoms with Gasteiger partial charge in [-0.1, -0.05) is 86.3 Å². The van der Waals surface area contributed by atoms with E-state index in [1.54, 1.807) is 0 Å². The van der Waals surface area contributed by atoms with Gasteiger partial charge in [-0.3, -0.25) is 9.59 Å². The first-order valence-corrected chi connectivity index (χ1v) is 10.1. The minimum absolute atomic E-state index is 0.127. The summed E-state index contributed by atoms with van der Waals surface area (Å²) in [5, 5.41) is 18.1. The highest BCUT2D eigenvalue weighted by atomic mass is 16.4. The van der Waals surface area contributed by atoms with Gasteiger partial charge in [-0.25, -0.2) is 0 Å². The van der Waals surface area contributed by atoms with E-state index in [2.05, 4.69) is 24.3 Å². The topological polar surface area (TPSA) is 74.6 Å². The van der Waals surface area contributed by atoms with Gasteiger partial charge in [-0.2, -0.15) is 0 Å². The van der Waals surface area contributed by atoms with E-state index < -0.39 is 11.9 Å². The van der Waals surface area contributed by atoms with Crippen molar-refractivity contribution in [3.63, 3.8) is 0 Å². The van der Waals surface area contributed by atoms with Gasteiger partial charge in [-0.05, 0) is 30.4 Å². The van der Waals surface area contributed by atoms with Gasteiger partial charge in [0, 0.05) is 18.3 Å². The van der Waals surface area contributed by atoms with Crippen LogP contribution in [0, 0.1) is 0 Å². The Morgan fingerprint density at radius 1 is 0.607 bits per heavy atom. The zero-order valence-electron chi connectivity index (χ0n) is 16.3. The third kappa shape index (κ3) is 6.52. The molecule has 0 amide bonds. The molecule has 0 aliphatic carbocycles. The summed E-state index contributed by atoms with van der Waals surface area (Å²) < 4.78 is 0. The van der Waals surface area contributed by atoms with Crippen molar-refractivity contribution < 1.29 is 19.8 Å². The summed E-state index contributed by atoms with van der Waals surface area (Å²) in [7, 11) is 0. The van der Waals surface area contributed by atoms with E-state index in [1.165, 1.54) is 0 Å². The van der Waals surface area contributed by atoms with Gasteiger partial charge in [0.2, 0.25) is 0 Å². The van der Waals surface area contributed by atoms with Crippen LogP contribution in [-0.4, -0.2) is 22.2 Å². The van der Waals surface area contributed by atoms with Gasteiger partial charge in [0.25, 0.3) is 0 Å². The lowest BCUT2D eigenvalue weighted by atomic mass is 9.68. The summed E-state index contributed by atoms with van der Waals surface area (Å²) in [6, 6.07) is 20.4. The quantitative estimate of drug-likeness (QED) is 0.439. The van der Waals surface area contributed by atoms with Crippen molar-refractivity contribution in [2.24, 2.45) is 0 Å². The Morgan fingerprint density at radius 3 is 1.57 bits per heavy atom. The lowest BCUT2D eigenvalue weighted by Gasteiger charge is -2.35. The zero-order chi connectivity index (χ0) is 20.2. The van der Waals surface area contributed by atoms with Gasteiger partial charge < -0.3 is 10.2 Å². The van der Waals surface area contributed by atoms with Crippen LogP contribution in [0.5, 0.6) is 0 Å². The van der Waals surface area contributed by atoms with Crippen molar-refractivity contribution in [3.8, 4) is 0 Å². The summed E-state index contributed by atoms with van der Waals surface area (Å²) >= 11 is 0. The fraction of sp³-hybridized carbons (Fsp3) is 0.417. The van der Waals surface area contributed by atoms with Gasteiger partial charge in [0.15, 0.2) is 0 Å². The van der Waals surface area contributed by atoms with Crippen LogP contribution in [0.2, 0.25) is 0 Å². The number of rotatable bonds is 13. The minimum Gasteiger partial charge on any atom is -0.481 e. The molecule has 0 heterocycles. The summed E-state index contributed by atoms with van der Waals surface area (Å²) in [5.41, 5.74) is 2.00. The molecule has 2 aromatic carbocycles. The second-order valence-corrected chi connectivity index (χ2v) is 7.37. The summed E-state index contributed by atoms with van der Waals surface area (Å²) in [5.74, 6) is -1.51. The average molecular weight is 382 g/mol. The second-order valence-electron chi connectivity index (χ2n) is 7.37. The Labute approximate surface area is 167 Å². The highest BCUT2D eigenvalue weighted by molar-refractivity contribution is 5.67. The first-order valence-electron chi connectivity index (χ1n) is 10.1. The number of hydrogen-bond donors (Lipinski definition) is 2.